The first-order valence-electron chi connectivity index (χ1n) is 8.14. The Morgan fingerprint density at radius 1 is 1.13 bits per heavy atom. The van der Waals surface area contributed by atoms with Crippen molar-refractivity contribution in [2.45, 2.75) is 37.1 Å². The molecule has 0 bridgehead atoms. The SMILES string of the molecule is N#Cc1cc2c(nc1SC/C=C/c1ccccc1)CCCCC2. The van der Waals surface area contributed by atoms with E-state index in [4.69, 9.17) is 4.98 Å². The molecule has 1 aromatic carbocycles. The number of aromatic nitrogens is 1. The Kier molecular flexibility index (Phi) is 5.50. The number of fused-ring (bicyclic) bond motifs is 1. The van der Waals surface area contributed by atoms with Gasteiger partial charge in [-0.3, -0.25) is 0 Å². The van der Waals surface area contributed by atoms with Crippen LogP contribution in [0, 0.1) is 11.3 Å². The molecule has 1 aliphatic rings. The summed E-state index contributed by atoms with van der Waals surface area (Å²) in [7, 11) is 0. The summed E-state index contributed by atoms with van der Waals surface area (Å²) in [5.41, 5.74) is 4.41. The molecule has 2 aromatic rings. The summed E-state index contributed by atoms with van der Waals surface area (Å²) < 4.78 is 0. The second kappa shape index (κ2) is 7.99. The Morgan fingerprint density at radius 2 is 1.96 bits per heavy atom. The van der Waals surface area contributed by atoms with Crippen molar-refractivity contribution in [1.82, 2.24) is 4.98 Å². The fourth-order valence-corrected chi connectivity index (χ4v) is 3.64. The van der Waals surface area contributed by atoms with Crippen LogP contribution in [0.5, 0.6) is 0 Å². The Bertz CT molecular complexity index is 729. The summed E-state index contributed by atoms with van der Waals surface area (Å²) in [5, 5.41) is 10.3. The summed E-state index contributed by atoms with van der Waals surface area (Å²) in [5.74, 6) is 0.829. The number of hydrogen-bond acceptors (Lipinski definition) is 3. The van der Waals surface area contributed by atoms with E-state index in [0.29, 0.717) is 0 Å². The Hall–Kier alpha value is -2.05. The molecule has 0 amide bonds. The molecule has 0 spiro atoms. The van der Waals surface area contributed by atoms with Crippen LogP contribution < -0.4 is 0 Å². The summed E-state index contributed by atoms with van der Waals surface area (Å²) in [6.07, 6.45) is 10.1. The monoisotopic (exact) mass is 320 g/mol. The molecule has 0 unspecified atom stereocenters. The first-order chi connectivity index (χ1) is 11.4. The highest BCUT2D eigenvalue weighted by atomic mass is 32.2. The third kappa shape index (κ3) is 4.24. The van der Waals surface area contributed by atoms with Gasteiger partial charge in [0.25, 0.3) is 0 Å². The van der Waals surface area contributed by atoms with Crippen molar-refractivity contribution in [3.8, 4) is 6.07 Å². The number of rotatable bonds is 4. The second-order valence-electron chi connectivity index (χ2n) is 5.74. The van der Waals surface area contributed by atoms with E-state index in [2.05, 4.69) is 36.4 Å². The van der Waals surface area contributed by atoms with Crippen molar-refractivity contribution < 1.29 is 0 Å². The van der Waals surface area contributed by atoms with Gasteiger partial charge in [0.1, 0.15) is 11.1 Å². The van der Waals surface area contributed by atoms with E-state index in [9.17, 15) is 5.26 Å². The van der Waals surface area contributed by atoms with Crippen LogP contribution in [0.15, 0.2) is 47.5 Å². The lowest BCUT2D eigenvalue weighted by Gasteiger charge is -2.09. The summed E-state index contributed by atoms with van der Waals surface area (Å²) in [4.78, 5) is 4.80. The summed E-state index contributed by atoms with van der Waals surface area (Å²) >= 11 is 1.65. The predicted octanol–water partition coefficient (Wildman–Crippen LogP) is 5.03. The van der Waals surface area contributed by atoms with Gasteiger partial charge in [-0.2, -0.15) is 5.26 Å². The van der Waals surface area contributed by atoms with Gasteiger partial charge in [0.15, 0.2) is 0 Å². The van der Waals surface area contributed by atoms with Crippen molar-refractivity contribution in [1.29, 1.82) is 5.26 Å². The van der Waals surface area contributed by atoms with Gasteiger partial charge in [0.2, 0.25) is 0 Å². The van der Waals surface area contributed by atoms with Crippen molar-refractivity contribution in [2.75, 3.05) is 5.75 Å². The number of benzene rings is 1. The van der Waals surface area contributed by atoms with Crippen molar-refractivity contribution >= 4 is 17.8 Å². The molecule has 1 aliphatic carbocycles. The van der Waals surface area contributed by atoms with Gasteiger partial charge in [0, 0.05) is 11.4 Å². The molecule has 0 fully saturated rings. The van der Waals surface area contributed by atoms with Crippen LogP contribution >= 0.6 is 11.8 Å². The fourth-order valence-electron chi connectivity index (χ4n) is 2.86. The highest BCUT2D eigenvalue weighted by Gasteiger charge is 2.14. The Morgan fingerprint density at radius 3 is 2.78 bits per heavy atom. The second-order valence-corrected chi connectivity index (χ2v) is 6.75. The van der Waals surface area contributed by atoms with Crippen LogP contribution in [0.1, 0.15) is 41.6 Å². The lowest BCUT2D eigenvalue weighted by Crippen LogP contribution is -2.00. The van der Waals surface area contributed by atoms with Crippen LogP contribution in [0.3, 0.4) is 0 Å². The van der Waals surface area contributed by atoms with Crippen molar-refractivity contribution in [3.05, 3.63) is 64.9 Å². The van der Waals surface area contributed by atoms with Crippen LogP contribution in [0.4, 0.5) is 0 Å². The molecular formula is C20H20N2S. The van der Waals surface area contributed by atoms with E-state index >= 15 is 0 Å². The third-order valence-electron chi connectivity index (χ3n) is 4.06. The molecule has 0 saturated heterocycles. The van der Waals surface area contributed by atoms with Gasteiger partial charge in [-0.05, 0) is 42.9 Å². The zero-order chi connectivity index (χ0) is 15.9. The molecule has 3 rings (SSSR count). The maximum Gasteiger partial charge on any atom is 0.114 e. The van der Waals surface area contributed by atoms with Crippen molar-refractivity contribution in [2.24, 2.45) is 0 Å². The van der Waals surface area contributed by atoms with E-state index < -0.39 is 0 Å². The summed E-state index contributed by atoms with van der Waals surface area (Å²) in [6.45, 7) is 0. The van der Waals surface area contributed by atoms with Crippen molar-refractivity contribution in [3.63, 3.8) is 0 Å². The number of hydrogen-bond donors (Lipinski definition) is 0. The average Bonchev–Trinajstić information content (AvgIpc) is 2.83. The van der Waals surface area contributed by atoms with Crippen LogP contribution in [0.25, 0.3) is 6.08 Å². The van der Waals surface area contributed by atoms with Gasteiger partial charge < -0.3 is 0 Å². The largest absolute Gasteiger partial charge is 0.245 e. The molecule has 116 valence electrons. The first kappa shape index (κ1) is 15.8. The molecule has 0 N–H and O–H groups in total. The number of aryl methyl sites for hydroxylation is 2. The number of thioether (sulfide) groups is 1. The highest BCUT2D eigenvalue weighted by Crippen LogP contribution is 2.27. The Labute approximate surface area is 142 Å². The van der Waals surface area contributed by atoms with Gasteiger partial charge >= 0.3 is 0 Å². The number of nitriles is 1. The van der Waals surface area contributed by atoms with Gasteiger partial charge in [-0.25, -0.2) is 4.98 Å². The molecular weight excluding hydrogens is 300 g/mol. The smallest absolute Gasteiger partial charge is 0.114 e. The molecule has 2 nitrogen and oxygen atoms in total. The van der Waals surface area contributed by atoms with E-state index in [1.807, 2.05) is 18.2 Å². The predicted molar refractivity (Wildman–Crippen MR) is 96.4 cm³/mol. The summed E-state index contributed by atoms with van der Waals surface area (Å²) in [6, 6.07) is 14.6. The lowest BCUT2D eigenvalue weighted by atomic mass is 10.1. The molecule has 3 heteroatoms. The molecule has 1 heterocycles. The van der Waals surface area contributed by atoms with E-state index in [-0.39, 0.29) is 0 Å². The lowest BCUT2D eigenvalue weighted by molar-refractivity contribution is 0.707. The number of pyridine rings is 1. The molecule has 23 heavy (non-hydrogen) atoms. The third-order valence-corrected chi connectivity index (χ3v) is 5.01. The topological polar surface area (TPSA) is 36.7 Å². The van der Waals surface area contributed by atoms with Crippen LogP contribution in [-0.2, 0) is 12.8 Å². The van der Waals surface area contributed by atoms with Crippen LogP contribution in [-0.4, -0.2) is 10.7 Å². The van der Waals surface area contributed by atoms with Crippen LogP contribution in [0.2, 0.25) is 0 Å². The van der Waals surface area contributed by atoms with Gasteiger partial charge in [-0.15, -0.1) is 11.8 Å². The van der Waals surface area contributed by atoms with Gasteiger partial charge in [0.05, 0.1) is 5.56 Å². The first-order valence-corrected chi connectivity index (χ1v) is 9.12. The minimum Gasteiger partial charge on any atom is -0.245 e. The van der Waals surface area contributed by atoms with E-state index in [0.717, 1.165) is 29.2 Å². The van der Waals surface area contributed by atoms with E-state index in [1.165, 1.54) is 36.1 Å². The maximum absolute atomic E-state index is 9.40. The standard InChI is InChI=1S/C20H20N2S/c21-15-18-14-17-11-5-2-6-12-19(17)22-20(18)23-13-7-10-16-8-3-1-4-9-16/h1,3-4,7-10,14H,2,5-6,11-13H2/b10-7+. The Balaban J connectivity index is 1.71. The van der Waals surface area contributed by atoms with Gasteiger partial charge in [-0.1, -0.05) is 48.9 Å². The fraction of sp³-hybridized carbons (Fsp3) is 0.300. The molecule has 0 aliphatic heterocycles. The maximum atomic E-state index is 9.40. The highest BCUT2D eigenvalue weighted by molar-refractivity contribution is 7.99. The average molecular weight is 320 g/mol. The molecule has 1 aromatic heterocycles. The quantitative estimate of drug-likeness (QED) is 0.586. The minimum absolute atomic E-state index is 0.726. The normalized spacial score (nSPS) is 14.2. The number of nitrogens with zero attached hydrogens (tertiary/aromatic N) is 2. The minimum atomic E-state index is 0.726. The molecule has 0 radical (unpaired) electrons. The zero-order valence-electron chi connectivity index (χ0n) is 13.2. The molecule has 0 saturated carbocycles. The zero-order valence-corrected chi connectivity index (χ0v) is 14.0. The van der Waals surface area contributed by atoms with E-state index in [1.54, 1.807) is 11.8 Å². The molecule has 0 atom stereocenters.